The number of benzene rings is 1. The molecule has 2 rings (SSSR count). The van der Waals surface area contributed by atoms with Gasteiger partial charge in [0.25, 0.3) is 0 Å². The molecule has 1 aliphatic rings. The maximum atomic E-state index is 12.4. The predicted molar refractivity (Wildman–Crippen MR) is 74.1 cm³/mol. The van der Waals surface area contributed by atoms with Crippen molar-refractivity contribution >= 4 is 11.7 Å². The summed E-state index contributed by atoms with van der Waals surface area (Å²) in [5.41, 5.74) is -0.696. The number of carbonyl (C=O) groups is 1. The minimum atomic E-state index is -4.37. The Labute approximate surface area is 121 Å². The zero-order valence-corrected chi connectivity index (χ0v) is 11.7. The van der Waals surface area contributed by atoms with Crippen molar-refractivity contribution in [2.45, 2.75) is 31.5 Å². The van der Waals surface area contributed by atoms with Crippen LogP contribution in [0.25, 0.3) is 0 Å². The van der Waals surface area contributed by atoms with Gasteiger partial charge in [-0.05, 0) is 57.1 Å². The first-order valence-electron chi connectivity index (χ1n) is 6.76. The second-order valence-corrected chi connectivity index (χ2v) is 5.46. The summed E-state index contributed by atoms with van der Waals surface area (Å²) >= 11 is 0. The van der Waals surface area contributed by atoms with Gasteiger partial charge in [0, 0.05) is 11.2 Å². The molecule has 0 radical (unpaired) electrons. The third kappa shape index (κ3) is 4.35. The minimum absolute atomic E-state index is 0.290. The lowest BCUT2D eigenvalue weighted by Crippen LogP contribution is -2.53. The van der Waals surface area contributed by atoms with Crippen molar-refractivity contribution in [1.82, 2.24) is 10.6 Å². The van der Waals surface area contributed by atoms with E-state index in [0.29, 0.717) is 5.69 Å². The van der Waals surface area contributed by atoms with Crippen LogP contribution in [0.15, 0.2) is 24.3 Å². The summed E-state index contributed by atoms with van der Waals surface area (Å²) in [5, 5.41) is 8.64. The summed E-state index contributed by atoms with van der Waals surface area (Å²) in [5.74, 6) is 0. The Morgan fingerprint density at radius 1 is 1.19 bits per heavy atom. The number of halogens is 3. The Morgan fingerprint density at radius 3 is 2.29 bits per heavy atom. The Hall–Kier alpha value is -1.76. The molecule has 0 atom stereocenters. The lowest BCUT2D eigenvalue weighted by atomic mass is 9.91. The Bertz CT molecular complexity index is 493. The molecule has 0 saturated carbocycles. The summed E-state index contributed by atoms with van der Waals surface area (Å²) in [6, 6.07) is 3.98. The second kappa shape index (κ2) is 5.93. The van der Waals surface area contributed by atoms with E-state index in [0.717, 1.165) is 38.1 Å². The lowest BCUT2D eigenvalue weighted by Gasteiger charge is -2.34. The zero-order valence-electron chi connectivity index (χ0n) is 11.7. The van der Waals surface area contributed by atoms with Gasteiger partial charge < -0.3 is 16.0 Å². The van der Waals surface area contributed by atoms with E-state index in [-0.39, 0.29) is 5.54 Å². The van der Waals surface area contributed by atoms with Gasteiger partial charge in [-0.3, -0.25) is 0 Å². The summed E-state index contributed by atoms with van der Waals surface area (Å²) in [6.45, 7) is 3.62. The quantitative estimate of drug-likeness (QED) is 0.786. The standard InChI is InChI=1S/C14H18F3N3O/c1-13(6-8-18-9-7-13)20-12(21)19-11-4-2-10(3-5-11)14(15,16)17/h2-5,18H,6-9H2,1H3,(H2,19,20,21). The maximum Gasteiger partial charge on any atom is 0.416 e. The molecule has 1 fully saturated rings. The Balaban J connectivity index is 1.93. The number of rotatable bonds is 2. The molecule has 1 aliphatic heterocycles. The van der Waals surface area contributed by atoms with Crippen molar-refractivity contribution in [3.8, 4) is 0 Å². The molecule has 0 aliphatic carbocycles. The van der Waals surface area contributed by atoms with Crippen LogP contribution in [0.5, 0.6) is 0 Å². The maximum absolute atomic E-state index is 12.4. The highest BCUT2D eigenvalue weighted by Gasteiger charge is 2.30. The number of piperidine rings is 1. The highest BCUT2D eigenvalue weighted by atomic mass is 19.4. The van der Waals surface area contributed by atoms with Crippen LogP contribution in [-0.2, 0) is 6.18 Å². The first-order valence-corrected chi connectivity index (χ1v) is 6.76. The van der Waals surface area contributed by atoms with Crippen LogP contribution in [0.1, 0.15) is 25.3 Å². The lowest BCUT2D eigenvalue weighted by molar-refractivity contribution is -0.137. The van der Waals surface area contributed by atoms with E-state index in [2.05, 4.69) is 16.0 Å². The van der Waals surface area contributed by atoms with Crippen molar-refractivity contribution in [1.29, 1.82) is 0 Å². The van der Waals surface area contributed by atoms with E-state index in [4.69, 9.17) is 0 Å². The number of carbonyl (C=O) groups excluding carboxylic acids is 1. The van der Waals surface area contributed by atoms with E-state index < -0.39 is 17.8 Å². The normalized spacial score (nSPS) is 18.1. The minimum Gasteiger partial charge on any atom is -0.333 e. The predicted octanol–water partition coefficient (Wildman–Crippen LogP) is 2.97. The molecule has 0 unspecified atom stereocenters. The molecule has 3 N–H and O–H groups in total. The number of nitrogens with one attached hydrogen (secondary N) is 3. The monoisotopic (exact) mass is 301 g/mol. The first kappa shape index (κ1) is 15.6. The number of urea groups is 1. The third-order valence-electron chi connectivity index (χ3n) is 3.59. The molecule has 4 nitrogen and oxygen atoms in total. The van der Waals surface area contributed by atoms with Gasteiger partial charge >= 0.3 is 12.2 Å². The molecule has 0 aromatic heterocycles. The third-order valence-corrected chi connectivity index (χ3v) is 3.59. The molecule has 1 heterocycles. The first-order chi connectivity index (χ1) is 9.78. The van der Waals surface area contributed by atoms with Crippen molar-refractivity contribution in [3.63, 3.8) is 0 Å². The van der Waals surface area contributed by atoms with Crippen LogP contribution in [0.4, 0.5) is 23.7 Å². The zero-order chi connectivity index (χ0) is 15.5. The van der Waals surface area contributed by atoms with Crippen molar-refractivity contribution in [3.05, 3.63) is 29.8 Å². The van der Waals surface area contributed by atoms with Gasteiger partial charge in [-0.1, -0.05) is 0 Å². The number of alkyl halides is 3. The van der Waals surface area contributed by atoms with Gasteiger partial charge in [-0.15, -0.1) is 0 Å². The Kier molecular flexibility index (Phi) is 4.41. The number of hydrogen-bond acceptors (Lipinski definition) is 2. The number of amides is 2. The van der Waals surface area contributed by atoms with Crippen molar-refractivity contribution in [2.75, 3.05) is 18.4 Å². The fraction of sp³-hybridized carbons (Fsp3) is 0.500. The van der Waals surface area contributed by atoms with Crippen molar-refractivity contribution in [2.24, 2.45) is 0 Å². The van der Waals surface area contributed by atoms with E-state index in [1.807, 2.05) is 6.92 Å². The highest BCUT2D eigenvalue weighted by Crippen LogP contribution is 2.29. The fourth-order valence-electron chi connectivity index (χ4n) is 2.28. The molecule has 0 spiro atoms. The van der Waals surface area contributed by atoms with Crippen LogP contribution < -0.4 is 16.0 Å². The largest absolute Gasteiger partial charge is 0.416 e. The van der Waals surface area contributed by atoms with E-state index in [1.165, 1.54) is 12.1 Å². The summed E-state index contributed by atoms with van der Waals surface area (Å²) in [6.07, 6.45) is -2.75. The highest BCUT2D eigenvalue weighted by molar-refractivity contribution is 5.89. The van der Waals surface area contributed by atoms with Crippen LogP contribution in [0.3, 0.4) is 0 Å². The van der Waals surface area contributed by atoms with Gasteiger partial charge in [0.2, 0.25) is 0 Å². The van der Waals surface area contributed by atoms with E-state index in [1.54, 1.807) is 0 Å². The molecule has 7 heteroatoms. The van der Waals surface area contributed by atoms with Crippen molar-refractivity contribution < 1.29 is 18.0 Å². The molecule has 1 aromatic rings. The molecule has 2 amide bonds. The van der Waals surface area contributed by atoms with Crippen LogP contribution in [0, 0.1) is 0 Å². The molecular weight excluding hydrogens is 283 g/mol. The topological polar surface area (TPSA) is 53.2 Å². The molecule has 116 valence electrons. The summed E-state index contributed by atoms with van der Waals surface area (Å²) in [7, 11) is 0. The summed E-state index contributed by atoms with van der Waals surface area (Å²) < 4.78 is 37.3. The van der Waals surface area contributed by atoms with E-state index in [9.17, 15) is 18.0 Å². The van der Waals surface area contributed by atoms with Crippen LogP contribution in [-0.4, -0.2) is 24.7 Å². The van der Waals surface area contributed by atoms with Gasteiger partial charge in [0.1, 0.15) is 0 Å². The molecular formula is C14H18F3N3O. The Morgan fingerprint density at radius 2 is 1.76 bits per heavy atom. The average Bonchev–Trinajstić information content (AvgIpc) is 2.38. The number of anilines is 1. The average molecular weight is 301 g/mol. The van der Waals surface area contributed by atoms with E-state index >= 15 is 0 Å². The molecule has 1 aromatic carbocycles. The molecule has 21 heavy (non-hydrogen) atoms. The van der Waals surface area contributed by atoms with Crippen LogP contribution >= 0.6 is 0 Å². The van der Waals surface area contributed by atoms with Gasteiger partial charge in [-0.2, -0.15) is 13.2 Å². The second-order valence-electron chi connectivity index (χ2n) is 5.46. The SMILES string of the molecule is CC1(NC(=O)Nc2ccc(C(F)(F)F)cc2)CCNCC1. The number of hydrogen-bond donors (Lipinski definition) is 3. The smallest absolute Gasteiger partial charge is 0.333 e. The van der Waals surface area contributed by atoms with Gasteiger partial charge in [-0.25, -0.2) is 4.79 Å². The molecule has 1 saturated heterocycles. The molecule has 0 bridgehead atoms. The van der Waals surface area contributed by atoms with Crippen LogP contribution in [0.2, 0.25) is 0 Å². The summed E-state index contributed by atoms with van der Waals surface area (Å²) in [4.78, 5) is 11.9. The fourth-order valence-corrected chi connectivity index (χ4v) is 2.28. The van der Waals surface area contributed by atoms with Gasteiger partial charge in [0.05, 0.1) is 5.56 Å². The van der Waals surface area contributed by atoms with Gasteiger partial charge in [0.15, 0.2) is 0 Å².